The maximum absolute atomic E-state index is 4.62. The summed E-state index contributed by atoms with van der Waals surface area (Å²) >= 11 is 0. The van der Waals surface area contributed by atoms with Crippen LogP contribution >= 0.6 is 0 Å². The average Bonchev–Trinajstić information content (AvgIpc) is 3.32. The van der Waals surface area contributed by atoms with Crippen LogP contribution in [0.1, 0.15) is 27.9 Å². The largest absolute Gasteiger partial charge is 0.247 e. The molecule has 0 atom stereocenters. The fraction of sp³-hybridized carbons (Fsp3) is 0.0345. The van der Waals surface area contributed by atoms with Gasteiger partial charge < -0.3 is 0 Å². The molecule has 0 fully saturated rings. The molecule has 3 nitrogen and oxygen atoms in total. The van der Waals surface area contributed by atoms with Gasteiger partial charge in [-0.15, -0.1) is 5.10 Å². The summed E-state index contributed by atoms with van der Waals surface area (Å²) in [5, 5.41) is 9.08. The van der Waals surface area contributed by atoms with Gasteiger partial charge in [-0.3, -0.25) is 0 Å². The van der Waals surface area contributed by atoms with Crippen LogP contribution in [0.2, 0.25) is 0 Å². The number of aromatic nitrogens is 3. The third kappa shape index (κ3) is 4.28. The van der Waals surface area contributed by atoms with Gasteiger partial charge in [0.25, 0.3) is 0 Å². The zero-order valence-electron chi connectivity index (χ0n) is 17.7. The summed E-state index contributed by atoms with van der Waals surface area (Å²) in [5.74, 6) is 0. The Morgan fingerprint density at radius 3 is 1.47 bits per heavy atom. The van der Waals surface area contributed by atoms with Crippen LogP contribution in [0.15, 0.2) is 128 Å². The van der Waals surface area contributed by atoms with E-state index in [1.54, 1.807) is 0 Å². The minimum absolute atomic E-state index is 0.682. The van der Waals surface area contributed by atoms with Crippen molar-refractivity contribution in [2.24, 2.45) is 0 Å². The van der Waals surface area contributed by atoms with Gasteiger partial charge in [0.15, 0.2) is 0 Å². The Morgan fingerprint density at radius 2 is 0.969 bits per heavy atom. The molecule has 32 heavy (non-hydrogen) atoms. The molecule has 5 aromatic rings. The van der Waals surface area contributed by atoms with Crippen LogP contribution in [0.4, 0.5) is 0 Å². The lowest BCUT2D eigenvalue weighted by molar-refractivity contribution is 0.649. The van der Waals surface area contributed by atoms with Gasteiger partial charge in [-0.05, 0) is 27.8 Å². The minimum atomic E-state index is 0.682. The predicted molar refractivity (Wildman–Crippen MR) is 130 cm³/mol. The predicted octanol–water partition coefficient (Wildman–Crippen LogP) is 6.33. The molecule has 3 heteroatoms. The maximum atomic E-state index is 4.62. The second kappa shape index (κ2) is 9.27. The molecule has 0 saturated carbocycles. The van der Waals surface area contributed by atoms with E-state index in [2.05, 4.69) is 95.2 Å². The highest BCUT2D eigenvalue weighted by atomic mass is 15.4. The van der Waals surface area contributed by atoms with Gasteiger partial charge in [0.05, 0.1) is 12.7 Å². The van der Waals surface area contributed by atoms with E-state index in [1.165, 1.54) is 5.56 Å². The van der Waals surface area contributed by atoms with Crippen molar-refractivity contribution in [3.8, 4) is 0 Å². The van der Waals surface area contributed by atoms with E-state index in [-0.39, 0.29) is 0 Å². The number of hydrogen-bond donors (Lipinski definition) is 0. The lowest BCUT2D eigenvalue weighted by Gasteiger charge is -2.15. The van der Waals surface area contributed by atoms with Gasteiger partial charge >= 0.3 is 0 Å². The summed E-state index contributed by atoms with van der Waals surface area (Å²) in [6, 6.07) is 41.8. The molecule has 0 bridgehead atoms. The summed E-state index contributed by atoms with van der Waals surface area (Å²) in [6.07, 6.45) is 2.04. The van der Waals surface area contributed by atoms with Crippen molar-refractivity contribution in [2.75, 3.05) is 0 Å². The quantitative estimate of drug-likeness (QED) is 0.304. The van der Waals surface area contributed by atoms with Gasteiger partial charge in [0.2, 0.25) is 0 Å². The first-order valence-electron chi connectivity index (χ1n) is 10.7. The molecule has 0 unspecified atom stereocenters. The van der Waals surface area contributed by atoms with Crippen molar-refractivity contribution in [3.05, 3.63) is 155 Å². The number of benzene rings is 4. The summed E-state index contributed by atoms with van der Waals surface area (Å²) in [6.45, 7) is 0.682. The topological polar surface area (TPSA) is 30.7 Å². The summed E-state index contributed by atoms with van der Waals surface area (Å²) in [7, 11) is 0. The number of nitrogens with zero attached hydrogens (tertiary/aromatic N) is 3. The summed E-state index contributed by atoms with van der Waals surface area (Å²) < 4.78 is 1.90. The van der Waals surface area contributed by atoms with Crippen LogP contribution in [0.3, 0.4) is 0 Å². The van der Waals surface area contributed by atoms with Crippen LogP contribution in [-0.4, -0.2) is 15.0 Å². The molecule has 154 valence electrons. The van der Waals surface area contributed by atoms with Crippen LogP contribution in [0.5, 0.6) is 0 Å². The fourth-order valence-electron chi connectivity index (χ4n) is 3.95. The molecule has 0 amide bonds. The molecule has 0 radical (unpaired) electrons. The first-order valence-corrected chi connectivity index (χ1v) is 10.7. The molecule has 0 saturated heterocycles. The van der Waals surface area contributed by atoms with E-state index >= 15 is 0 Å². The van der Waals surface area contributed by atoms with Crippen LogP contribution in [0.25, 0.3) is 11.1 Å². The third-order valence-corrected chi connectivity index (χ3v) is 5.42. The SMILES string of the molecule is c1ccc(Cn2cc(C(=C(c3ccccc3)c3ccccc3)c3ccccc3)nn2)cc1. The Labute approximate surface area is 188 Å². The molecule has 0 aliphatic rings. The highest BCUT2D eigenvalue weighted by Crippen LogP contribution is 2.35. The van der Waals surface area contributed by atoms with E-state index < -0.39 is 0 Å². The second-order valence-corrected chi connectivity index (χ2v) is 7.64. The van der Waals surface area contributed by atoms with Crippen molar-refractivity contribution < 1.29 is 0 Å². The van der Waals surface area contributed by atoms with Crippen molar-refractivity contribution in [3.63, 3.8) is 0 Å². The van der Waals surface area contributed by atoms with Crippen molar-refractivity contribution in [1.29, 1.82) is 0 Å². The van der Waals surface area contributed by atoms with E-state index in [9.17, 15) is 0 Å². The maximum Gasteiger partial charge on any atom is 0.114 e. The molecule has 0 spiro atoms. The average molecular weight is 414 g/mol. The molecular weight excluding hydrogens is 390 g/mol. The van der Waals surface area contributed by atoms with Crippen LogP contribution in [-0.2, 0) is 6.54 Å². The standard InChI is InChI=1S/C29H23N3/c1-5-13-23(14-6-1)21-32-22-27(30-31-32)29(26-19-11-4-12-20-26)28(24-15-7-2-8-16-24)25-17-9-3-10-18-25/h1-20,22H,21H2. The van der Waals surface area contributed by atoms with Crippen LogP contribution < -0.4 is 0 Å². The lowest BCUT2D eigenvalue weighted by Crippen LogP contribution is -2.00. The Hall–Kier alpha value is -4.24. The highest BCUT2D eigenvalue weighted by Gasteiger charge is 2.18. The molecule has 0 aliphatic heterocycles. The highest BCUT2D eigenvalue weighted by molar-refractivity contribution is 6.03. The van der Waals surface area contributed by atoms with Gasteiger partial charge in [0, 0.05) is 5.57 Å². The smallest absolute Gasteiger partial charge is 0.114 e. The van der Waals surface area contributed by atoms with Crippen LogP contribution in [0, 0.1) is 0 Å². The van der Waals surface area contributed by atoms with Gasteiger partial charge in [0.1, 0.15) is 5.69 Å². The molecule has 0 N–H and O–H groups in total. The third-order valence-electron chi connectivity index (χ3n) is 5.42. The Bertz CT molecular complexity index is 1260. The normalized spacial score (nSPS) is 10.6. The van der Waals surface area contributed by atoms with Gasteiger partial charge in [-0.2, -0.15) is 0 Å². The Kier molecular flexibility index (Phi) is 5.71. The fourth-order valence-corrected chi connectivity index (χ4v) is 3.95. The van der Waals surface area contributed by atoms with E-state index in [0.29, 0.717) is 6.54 Å². The van der Waals surface area contributed by atoms with E-state index in [4.69, 9.17) is 0 Å². The zero-order valence-corrected chi connectivity index (χ0v) is 17.7. The van der Waals surface area contributed by atoms with Gasteiger partial charge in [-0.25, -0.2) is 4.68 Å². The Balaban J connectivity index is 1.71. The first kappa shape index (κ1) is 19.7. The minimum Gasteiger partial charge on any atom is -0.247 e. The van der Waals surface area contributed by atoms with Crippen molar-refractivity contribution >= 4 is 11.1 Å². The molecule has 1 aromatic heterocycles. The number of rotatable bonds is 6. The molecule has 0 aliphatic carbocycles. The second-order valence-electron chi connectivity index (χ2n) is 7.64. The Morgan fingerprint density at radius 1 is 0.531 bits per heavy atom. The summed E-state index contributed by atoms with van der Waals surface area (Å²) in [4.78, 5) is 0. The number of hydrogen-bond acceptors (Lipinski definition) is 2. The van der Waals surface area contributed by atoms with Crippen molar-refractivity contribution in [2.45, 2.75) is 6.54 Å². The van der Waals surface area contributed by atoms with E-state index in [0.717, 1.165) is 33.5 Å². The van der Waals surface area contributed by atoms with Crippen molar-refractivity contribution in [1.82, 2.24) is 15.0 Å². The molecule has 1 heterocycles. The first-order chi connectivity index (χ1) is 15.9. The van der Waals surface area contributed by atoms with E-state index in [1.807, 2.05) is 47.3 Å². The van der Waals surface area contributed by atoms with Gasteiger partial charge in [-0.1, -0.05) is 127 Å². The lowest BCUT2D eigenvalue weighted by atomic mass is 9.88. The molecular formula is C29H23N3. The molecule has 5 rings (SSSR count). The molecule has 4 aromatic carbocycles. The zero-order chi connectivity index (χ0) is 21.6. The monoisotopic (exact) mass is 413 g/mol. The summed E-state index contributed by atoms with van der Waals surface area (Å²) in [5.41, 5.74) is 7.68.